The van der Waals surface area contributed by atoms with Crippen molar-refractivity contribution in [2.45, 2.75) is 31.6 Å². The monoisotopic (exact) mass is 450 g/mol. The largest absolute Gasteiger partial charge is 0.493 e. The average molecular weight is 451 g/mol. The van der Waals surface area contributed by atoms with E-state index < -0.39 is 0 Å². The van der Waals surface area contributed by atoms with Gasteiger partial charge in [-0.3, -0.25) is 4.79 Å². The third kappa shape index (κ3) is 3.35. The predicted molar refractivity (Wildman–Crippen MR) is 122 cm³/mol. The lowest BCUT2D eigenvalue weighted by Gasteiger charge is -2.34. The molecule has 0 amide bonds. The number of halogens is 1. The van der Waals surface area contributed by atoms with Crippen LogP contribution in [0.3, 0.4) is 0 Å². The van der Waals surface area contributed by atoms with Gasteiger partial charge in [0.25, 0.3) is 0 Å². The minimum Gasteiger partial charge on any atom is -0.493 e. The normalized spacial score (nSPS) is 19.8. The summed E-state index contributed by atoms with van der Waals surface area (Å²) in [6.45, 7) is 1.90. The van der Waals surface area contributed by atoms with Crippen LogP contribution < -0.4 is 14.8 Å². The number of methoxy groups -OCH3 is 2. The highest BCUT2D eigenvalue weighted by atomic mass is 35.5. The van der Waals surface area contributed by atoms with Crippen LogP contribution in [0.2, 0.25) is 5.02 Å². The van der Waals surface area contributed by atoms with Crippen molar-refractivity contribution < 1.29 is 18.8 Å². The van der Waals surface area contributed by atoms with Gasteiger partial charge in [0.05, 0.1) is 25.5 Å². The molecule has 2 atom stereocenters. The lowest BCUT2D eigenvalue weighted by atomic mass is 9.72. The molecule has 0 saturated carbocycles. The molecule has 0 radical (unpaired) electrons. The Morgan fingerprint density at radius 1 is 1.03 bits per heavy atom. The molecule has 0 saturated heterocycles. The van der Waals surface area contributed by atoms with Gasteiger partial charge >= 0.3 is 0 Å². The van der Waals surface area contributed by atoms with Crippen molar-refractivity contribution in [1.29, 1.82) is 0 Å². The van der Waals surface area contributed by atoms with Crippen LogP contribution in [0, 0.1) is 6.92 Å². The molecule has 1 aromatic heterocycles. The average Bonchev–Trinajstić information content (AvgIpc) is 3.17. The predicted octanol–water partition coefficient (Wildman–Crippen LogP) is 5.61. The van der Waals surface area contributed by atoms with E-state index in [9.17, 15) is 4.79 Å². The Kier molecular flexibility index (Phi) is 5.18. The number of fused-ring (bicyclic) bond motifs is 1. The molecule has 32 heavy (non-hydrogen) atoms. The van der Waals surface area contributed by atoms with E-state index in [0.29, 0.717) is 35.2 Å². The summed E-state index contributed by atoms with van der Waals surface area (Å²) in [6.07, 6.45) is 1.14. The number of anilines is 1. The number of hydrogen-bond donors (Lipinski definition) is 1. The number of ether oxygens (including phenoxy) is 2. The summed E-state index contributed by atoms with van der Waals surface area (Å²) in [5.74, 6) is 1.74. The van der Waals surface area contributed by atoms with Gasteiger partial charge in [-0.15, -0.1) is 0 Å². The standard InChI is InChI=1S/C25H23ClN2O4/c1-13-22-23(15-6-9-20(30-2)21(12-15)31-3)24-18(27-25(22)32-28-13)10-16(11-19(24)29)14-4-7-17(26)8-5-14/h4-9,12,16,23,27H,10-11H2,1-3H3/t16-,23-/m0/s1. The van der Waals surface area contributed by atoms with Gasteiger partial charge in [0.2, 0.25) is 5.88 Å². The molecule has 2 heterocycles. The minimum absolute atomic E-state index is 0.0719. The van der Waals surface area contributed by atoms with E-state index in [1.54, 1.807) is 14.2 Å². The maximum absolute atomic E-state index is 13.6. The Morgan fingerprint density at radius 3 is 2.47 bits per heavy atom. The van der Waals surface area contributed by atoms with Gasteiger partial charge in [0.1, 0.15) is 0 Å². The highest BCUT2D eigenvalue weighted by Crippen LogP contribution is 2.50. The summed E-state index contributed by atoms with van der Waals surface area (Å²) in [5, 5.41) is 8.22. The molecule has 1 aliphatic heterocycles. The molecular weight excluding hydrogens is 428 g/mol. The fourth-order valence-electron chi connectivity index (χ4n) is 4.81. The molecule has 1 N–H and O–H groups in total. The first-order valence-electron chi connectivity index (χ1n) is 10.5. The molecule has 3 aromatic rings. The number of ketones is 1. The van der Waals surface area contributed by atoms with Crippen molar-refractivity contribution in [3.63, 3.8) is 0 Å². The molecule has 7 heteroatoms. The molecule has 0 unspecified atom stereocenters. The fourth-order valence-corrected chi connectivity index (χ4v) is 4.93. The molecule has 0 bridgehead atoms. The number of Topliss-reactive ketones (excluding diaryl/α,β-unsaturated/α-hetero) is 1. The van der Waals surface area contributed by atoms with Crippen LogP contribution in [0.4, 0.5) is 5.88 Å². The molecule has 164 valence electrons. The highest BCUT2D eigenvalue weighted by molar-refractivity contribution is 6.30. The highest BCUT2D eigenvalue weighted by Gasteiger charge is 2.41. The number of aromatic nitrogens is 1. The summed E-state index contributed by atoms with van der Waals surface area (Å²) >= 11 is 6.05. The van der Waals surface area contributed by atoms with Crippen LogP contribution >= 0.6 is 11.6 Å². The molecule has 2 aromatic carbocycles. The number of benzene rings is 2. The van der Waals surface area contributed by atoms with E-state index in [0.717, 1.165) is 33.7 Å². The molecule has 1 aliphatic carbocycles. The van der Waals surface area contributed by atoms with Gasteiger partial charge in [0.15, 0.2) is 17.3 Å². The number of hydrogen-bond acceptors (Lipinski definition) is 6. The molecule has 0 spiro atoms. The smallest absolute Gasteiger partial charge is 0.233 e. The number of allylic oxidation sites excluding steroid dienone is 2. The summed E-state index contributed by atoms with van der Waals surface area (Å²) in [7, 11) is 3.21. The van der Waals surface area contributed by atoms with Gasteiger partial charge in [-0.05, 0) is 54.7 Å². The van der Waals surface area contributed by atoms with Gasteiger partial charge in [0, 0.05) is 28.6 Å². The number of carbonyl (C=O) groups is 1. The lowest BCUT2D eigenvalue weighted by Crippen LogP contribution is -2.29. The van der Waals surface area contributed by atoms with Crippen LogP contribution in [0.1, 0.15) is 47.1 Å². The maximum atomic E-state index is 13.6. The molecular formula is C25H23ClN2O4. The molecule has 2 aliphatic rings. The van der Waals surface area contributed by atoms with Crippen molar-refractivity contribution in [3.05, 3.63) is 81.1 Å². The Bertz CT molecular complexity index is 1230. The number of aryl methyl sites for hydroxylation is 1. The van der Waals surface area contributed by atoms with Crippen molar-refractivity contribution in [3.8, 4) is 11.5 Å². The third-order valence-electron chi connectivity index (χ3n) is 6.34. The van der Waals surface area contributed by atoms with Crippen LogP contribution in [-0.2, 0) is 4.79 Å². The second-order valence-electron chi connectivity index (χ2n) is 8.16. The van der Waals surface area contributed by atoms with E-state index in [-0.39, 0.29) is 17.6 Å². The minimum atomic E-state index is -0.286. The first kappa shape index (κ1) is 20.6. The third-order valence-corrected chi connectivity index (χ3v) is 6.59. The van der Waals surface area contributed by atoms with E-state index >= 15 is 0 Å². The van der Waals surface area contributed by atoms with E-state index in [1.165, 1.54) is 0 Å². The van der Waals surface area contributed by atoms with Gasteiger partial charge in [-0.1, -0.05) is 35.0 Å². The van der Waals surface area contributed by atoms with Crippen LogP contribution in [0.25, 0.3) is 0 Å². The SMILES string of the molecule is COc1ccc([C@@H]2C3=C(C[C@H](c4ccc(Cl)cc4)CC3=O)Nc3onc(C)c32)cc1OC. The Labute approximate surface area is 191 Å². The fraction of sp³-hybridized carbons (Fsp3) is 0.280. The van der Waals surface area contributed by atoms with Crippen molar-refractivity contribution in [2.75, 3.05) is 19.5 Å². The van der Waals surface area contributed by atoms with Crippen LogP contribution in [0.15, 0.2) is 58.3 Å². The zero-order chi connectivity index (χ0) is 22.4. The van der Waals surface area contributed by atoms with Gasteiger partial charge in [-0.25, -0.2) is 0 Å². The quantitative estimate of drug-likeness (QED) is 0.556. The molecule has 5 rings (SSSR count). The number of nitrogens with one attached hydrogen (secondary N) is 1. The molecule has 0 fully saturated rings. The Balaban J connectivity index is 1.62. The summed E-state index contributed by atoms with van der Waals surface area (Å²) in [6, 6.07) is 13.5. The summed E-state index contributed by atoms with van der Waals surface area (Å²) < 4.78 is 16.5. The van der Waals surface area contributed by atoms with Crippen molar-refractivity contribution in [2.24, 2.45) is 0 Å². The second-order valence-corrected chi connectivity index (χ2v) is 8.59. The summed E-state index contributed by atoms with van der Waals surface area (Å²) in [5.41, 5.74) is 5.31. The molecule has 6 nitrogen and oxygen atoms in total. The van der Waals surface area contributed by atoms with E-state index in [2.05, 4.69) is 10.5 Å². The number of carbonyl (C=O) groups excluding carboxylic acids is 1. The van der Waals surface area contributed by atoms with E-state index in [1.807, 2.05) is 49.4 Å². The topological polar surface area (TPSA) is 73.6 Å². The zero-order valence-corrected chi connectivity index (χ0v) is 18.8. The van der Waals surface area contributed by atoms with Crippen LogP contribution in [0.5, 0.6) is 11.5 Å². The van der Waals surface area contributed by atoms with E-state index in [4.69, 9.17) is 25.6 Å². The van der Waals surface area contributed by atoms with Gasteiger partial charge < -0.3 is 19.3 Å². The Hall–Kier alpha value is -3.25. The number of nitrogens with zero attached hydrogens (tertiary/aromatic N) is 1. The first-order chi connectivity index (χ1) is 15.5. The van der Waals surface area contributed by atoms with Crippen LogP contribution in [-0.4, -0.2) is 25.2 Å². The lowest BCUT2D eigenvalue weighted by molar-refractivity contribution is -0.116. The van der Waals surface area contributed by atoms with Crippen molar-refractivity contribution in [1.82, 2.24) is 5.16 Å². The maximum Gasteiger partial charge on any atom is 0.233 e. The number of rotatable bonds is 4. The zero-order valence-electron chi connectivity index (χ0n) is 18.1. The van der Waals surface area contributed by atoms with Gasteiger partial charge in [-0.2, -0.15) is 0 Å². The Morgan fingerprint density at radius 2 is 1.75 bits per heavy atom. The summed E-state index contributed by atoms with van der Waals surface area (Å²) in [4.78, 5) is 13.6. The second kappa shape index (κ2) is 8.02. The van der Waals surface area contributed by atoms with Crippen molar-refractivity contribution >= 4 is 23.3 Å². The first-order valence-corrected chi connectivity index (χ1v) is 10.8.